The third-order valence-corrected chi connectivity index (χ3v) is 3.24. The first-order valence-corrected chi connectivity index (χ1v) is 7.73. The average Bonchev–Trinajstić information content (AvgIpc) is 3.01. The van der Waals surface area contributed by atoms with Crippen LogP contribution in [0.1, 0.15) is 24.3 Å². The van der Waals surface area contributed by atoms with Gasteiger partial charge in [-0.05, 0) is 44.2 Å². The lowest BCUT2D eigenvalue weighted by Gasteiger charge is -2.05. The fourth-order valence-electron chi connectivity index (χ4n) is 2.20. The van der Waals surface area contributed by atoms with Crippen LogP contribution in [0, 0.1) is 0 Å². The number of rotatable bonds is 6. The SMILES string of the molecule is CCOc1ccc(NC(=O)c2cn3nc(OCC)ccc3n2)cc1. The Bertz CT molecular complexity index is 843. The van der Waals surface area contributed by atoms with E-state index >= 15 is 0 Å². The van der Waals surface area contributed by atoms with Gasteiger partial charge in [-0.15, -0.1) is 5.10 Å². The van der Waals surface area contributed by atoms with Gasteiger partial charge in [-0.25, -0.2) is 9.50 Å². The second-order valence-corrected chi connectivity index (χ2v) is 4.95. The summed E-state index contributed by atoms with van der Waals surface area (Å²) in [6.45, 7) is 4.93. The molecule has 0 aliphatic rings. The molecule has 2 aromatic heterocycles. The molecule has 3 aromatic rings. The molecule has 1 aromatic carbocycles. The van der Waals surface area contributed by atoms with Crippen LogP contribution in [-0.4, -0.2) is 33.7 Å². The van der Waals surface area contributed by atoms with E-state index in [0.29, 0.717) is 30.4 Å². The lowest BCUT2D eigenvalue weighted by Crippen LogP contribution is -2.12. The molecule has 3 rings (SSSR count). The Morgan fingerprint density at radius 3 is 2.54 bits per heavy atom. The van der Waals surface area contributed by atoms with E-state index in [1.807, 2.05) is 13.8 Å². The van der Waals surface area contributed by atoms with Gasteiger partial charge in [0, 0.05) is 11.8 Å². The third-order valence-electron chi connectivity index (χ3n) is 3.24. The number of fused-ring (bicyclic) bond motifs is 1. The molecular formula is C17H18N4O3. The lowest BCUT2D eigenvalue weighted by molar-refractivity contribution is 0.102. The van der Waals surface area contributed by atoms with Crippen molar-refractivity contribution in [2.45, 2.75) is 13.8 Å². The van der Waals surface area contributed by atoms with Crippen LogP contribution in [0.5, 0.6) is 11.6 Å². The van der Waals surface area contributed by atoms with Gasteiger partial charge in [0.25, 0.3) is 5.91 Å². The molecular weight excluding hydrogens is 308 g/mol. The number of anilines is 1. The van der Waals surface area contributed by atoms with E-state index in [-0.39, 0.29) is 11.6 Å². The van der Waals surface area contributed by atoms with Crippen molar-refractivity contribution < 1.29 is 14.3 Å². The summed E-state index contributed by atoms with van der Waals surface area (Å²) in [4.78, 5) is 16.6. The number of nitrogens with zero attached hydrogens (tertiary/aromatic N) is 3. The Hall–Kier alpha value is -3.09. The minimum Gasteiger partial charge on any atom is -0.494 e. The number of amides is 1. The first-order valence-electron chi connectivity index (χ1n) is 7.73. The van der Waals surface area contributed by atoms with E-state index in [1.165, 1.54) is 4.52 Å². The Labute approximate surface area is 139 Å². The molecule has 0 spiro atoms. The molecule has 1 amide bonds. The number of ether oxygens (including phenoxy) is 2. The molecule has 0 fully saturated rings. The normalized spacial score (nSPS) is 10.6. The number of carbonyl (C=O) groups excluding carboxylic acids is 1. The number of hydrogen-bond donors (Lipinski definition) is 1. The molecule has 0 atom stereocenters. The zero-order valence-electron chi connectivity index (χ0n) is 13.5. The molecule has 0 radical (unpaired) electrons. The highest BCUT2D eigenvalue weighted by atomic mass is 16.5. The smallest absolute Gasteiger partial charge is 0.275 e. The van der Waals surface area contributed by atoms with E-state index in [2.05, 4.69) is 15.4 Å². The standard InChI is InChI=1S/C17H18N4O3/c1-3-23-13-7-5-12(6-8-13)18-17(22)14-11-21-15(19-14)9-10-16(20-21)24-4-2/h5-11H,3-4H2,1-2H3,(H,18,22). The van der Waals surface area contributed by atoms with Gasteiger partial charge in [0.1, 0.15) is 11.4 Å². The highest BCUT2D eigenvalue weighted by molar-refractivity contribution is 6.03. The fourth-order valence-corrected chi connectivity index (χ4v) is 2.20. The van der Waals surface area contributed by atoms with Gasteiger partial charge in [-0.1, -0.05) is 0 Å². The lowest BCUT2D eigenvalue weighted by atomic mass is 10.3. The fraction of sp³-hybridized carbons (Fsp3) is 0.235. The molecule has 2 heterocycles. The summed E-state index contributed by atoms with van der Waals surface area (Å²) >= 11 is 0. The number of hydrogen-bond acceptors (Lipinski definition) is 5. The minimum atomic E-state index is -0.303. The summed E-state index contributed by atoms with van der Waals surface area (Å²) in [6.07, 6.45) is 1.57. The maximum absolute atomic E-state index is 12.3. The zero-order chi connectivity index (χ0) is 16.9. The molecule has 7 nitrogen and oxygen atoms in total. The maximum Gasteiger partial charge on any atom is 0.275 e. The summed E-state index contributed by atoms with van der Waals surface area (Å²) in [6, 6.07) is 10.7. The van der Waals surface area contributed by atoms with Gasteiger partial charge >= 0.3 is 0 Å². The monoisotopic (exact) mass is 326 g/mol. The predicted molar refractivity (Wildman–Crippen MR) is 89.7 cm³/mol. The Morgan fingerprint density at radius 2 is 1.83 bits per heavy atom. The minimum absolute atomic E-state index is 0.282. The molecule has 0 saturated carbocycles. The van der Waals surface area contributed by atoms with Crippen LogP contribution in [0.3, 0.4) is 0 Å². The molecule has 0 aliphatic carbocycles. The van der Waals surface area contributed by atoms with E-state index < -0.39 is 0 Å². The van der Waals surface area contributed by atoms with Gasteiger partial charge in [0.05, 0.1) is 19.4 Å². The number of imidazole rings is 1. The Balaban J connectivity index is 1.75. The largest absolute Gasteiger partial charge is 0.494 e. The van der Waals surface area contributed by atoms with Crippen LogP contribution in [0.15, 0.2) is 42.6 Å². The summed E-state index contributed by atoms with van der Waals surface area (Å²) in [7, 11) is 0. The molecule has 0 bridgehead atoms. The van der Waals surface area contributed by atoms with Crippen LogP contribution >= 0.6 is 0 Å². The van der Waals surface area contributed by atoms with Crippen molar-refractivity contribution in [3.8, 4) is 11.6 Å². The van der Waals surface area contributed by atoms with E-state index in [0.717, 1.165) is 5.75 Å². The Morgan fingerprint density at radius 1 is 1.08 bits per heavy atom. The maximum atomic E-state index is 12.3. The first kappa shape index (κ1) is 15.8. The Kier molecular flexibility index (Phi) is 4.60. The van der Waals surface area contributed by atoms with Crippen molar-refractivity contribution >= 4 is 17.2 Å². The van der Waals surface area contributed by atoms with Crippen molar-refractivity contribution in [2.24, 2.45) is 0 Å². The van der Waals surface area contributed by atoms with Crippen molar-refractivity contribution in [2.75, 3.05) is 18.5 Å². The molecule has 124 valence electrons. The quantitative estimate of drug-likeness (QED) is 0.753. The molecule has 24 heavy (non-hydrogen) atoms. The van der Waals surface area contributed by atoms with Crippen LogP contribution < -0.4 is 14.8 Å². The summed E-state index contributed by atoms with van der Waals surface area (Å²) in [5.41, 5.74) is 1.53. The van der Waals surface area contributed by atoms with Gasteiger partial charge in [0.15, 0.2) is 5.65 Å². The van der Waals surface area contributed by atoms with Crippen molar-refractivity contribution in [3.63, 3.8) is 0 Å². The third kappa shape index (κ3) is 3.45. The summed E-state index contributed by atoms with van der Waals surface area (Å²) in [5.74, 6) is 0.944. The van der Waals surface area contributed by atoms with Crippen LogP contribution in [-0.2, 0) is 0 Å². The number of aromatic nitrogens is 3. The topological polar surface area (TPSA) is 77.8 Å². The number of benzene rings is 1. The van der Waals surface area contributed by atoms with Gasteiger partial charge < -0.3 is 14.8 Å². The molecule has 0 saturated heterocycles. The second-order valence-electron chi connectivity index (χ2n) is 4.95. The van der Waals surface area contributed by atoms with Crippen molar-refractivity contribution in [3.05, 3.63) is 48.3 Å². The van der Waals surface area contributed by atoms with E-state index in [1.54, 1.807) is 42.6 Å². The summed E-state index contributed by atoms with van der Waals surface area (Å²) < 4.78 is 12.2. The van der Waals surface area contributed by atoms with E-state index in [4.69, 9.17) is 9.47 Å². The predicted octanol–water partition coefficient (Wildman–Crippen LogP) is 2.78. The number of carbonyl (C=O) groups is 1. The molecule has 0 unspecified atom stereocenters. The van der Waals surface area contributed by atoms with Gasteiger partial charge in [-0.2, -0.15) is 0 Å². The molecule has 0 aliphatic heterocycles. The molecule has 1 N–H and O–H groups in total. The highest BCUT2D eigenvalue weighted by Gasteiger charge is 2.12. The van der Waals surface area contributed by atoms with Gasteiger partial charge in [0.2, 0.25) is 5.88 Å². The molecule has 7 heteroatoms. The average molecular weight is 326 g/mol. The summed E-state index contributed by atoms with van der Waals surface area (Å²) in [5, 5.41) is 7.04. The van der Waals surface area contributed by atoms with Gasteiger partial charge in [-0.3, -0.25) is 4.79 Å². The zero-order valence-corrected chi connectivity index (χ0v) is 13.5. The highest BCUT2D eigenvalue weighted by Crippen LogP contribution is 2.17. The van der Waals surface area contributed by atoms with Crippen LogP contribution in [0.4, 0.5) is 5.69 Å². The van der Waals surface area contributed by atoms with Crippen molar-refractivity contribution in [1.82, 2.24) is 14.6 Å². The first-order chi connectivity index (χ1) is 11.7. The number of nitrogens with one attached hydrogen (secondary N) is 1. The second kappa shape index (κ2) is 6.99. The van der Waals surface area contributed by atoms with Crippen molar-refractivity contribution in [1.29, 1.82) is 0 Å². The van der Waals surface area contributed by atoms with Crippen LogP contribution in [0.2, 0.25) is 0 Å². The van der Waals surface area contributed by atoms with E-state index in [9.17, 15) is 4.79 Å². The van der Waals surface area contributed by atoms with Crippen LogP contribution in [0.25, 0.3) is 5.65 Å².